The summed E-state index contributed by atoms with van der Waals surface area (Å²) in [4.78, 5) is 11.5. The molecule has 1 aromatic carbocycles. The number of rotatable bonds is 1. The molecule has 1 aromatic rings. The molecule has 3 aliphatic carbocycles. The number of amides is 1. The number of hydrogen-bond donors (Lipinski definition) is 3. The number of nitrogens with one attached hydrogen (secondary N) is 1. The van der Waals surface area contributed by atoms with Gasteiger partial charge in [0.2, 0.25) is 5.91 Å². The van der Waals surface area contributed by atoms with Gasteiger partial charge >= 0.3 is 0 Å². The fourth-order valence-electron chi connectivity index (χ4n) is 7.34. The number of carbonyl (C=O) groups excluding carboxylic acids is 1. The first-order valence-electron chi connectivity index (χ1n) is 10.4. The smallest absolute Gasteiger partial charge is 0.221 e. The summed E-state index contributed by atoms with van der Waals surface area (Å²) in [5.41, 5.74) is 9.94. The third-order valence-corrected chi connectivity index (χ3v) is 8.68. The number of fused-ring (bicyclic) bond motifs is 5. The summed E-state index contributed by atoms with van der Waals surface area (Å²) >= 11 is 0. The van der Waals surface area contributed by atoms with Crippen molar-refractivity contribution in [3.63, 3.8) is 0 Å². The van der Waals surface area contributed by atoms with Crippen molar-refractivity contribution in [1.82, 2.24) is 0 Å². The number of benzene rings is 1. The Labute approximate surface area is 162 Å². The van der Waals surface area contributed by atoms with E-state index in [0.717, 1.165) is 37.7 Å². The van der Waals surface area contributed by atoms with E-state index in [1.807, 2.05) is 0 Å². The molecule has 2 saturated carbocycles. The van der Waals surface area contributed by atoms with Crippen molar-refractivity contribution in [3.8, 4) is 5.75 Å². The van der Waals surface area contributed by atoms with E-state index in [0.29, 0.717) is 23.3 Å². The van der Waals surface area contributed by atoms with Crippen LogP contribution in [0.25, 0.3) is 0 Å². The van der Waals surface area contributed by atoms with Crippen LogP contribution in [0.2, 0.25) is 0 Å². The van der Waals surface area contributed by atoms with Crippen LogP contribution in [0.5, 0.6) is 5.75 Å². The fourth-order valence-corrected chi connectivity index (χ4v) is 7.34. The van der Waals surface area contributed by atoms with E-state index < -0.39 is 0 Å². The molecule has 5 unspecified atom stereocenters. The second-order valence-corrected chi connectivity index (χ2v) is 10.4. The number of aromatic hydroxyl groups is 1. The molecule has 0 heterocycles. The molecule has 0 radical (unpaired) electrons. The van der Waals surface area contributed by atoms with Gasteiger partial charge in [0.15, 0.2) is 0 Å². The van der Waals surface area contributed by atoms with E-state index in [4.69, 9.17) is 5.73 Å². The Morgan fingerprint density at radius 1 is 1.15 bits per heavy atom. The number of hydrogen-bond acceptors (Lipinski definition) is 3. The van der Waals surface area contributed by atoms with Crippen LogP contribution in [0.4, 0.5) is 5.69 Å². The molecule has 0 aromatic heterocycles. The Bertz CT molecular complexity index is 802. The minimum atomic E-state index is -0.106. The molecule has 0 aliphatic heterocycles. The molecule has 3 aliphatic rings. The molecule has 2 fully saturated rings. The second kappa shape index (κ2) is 5.73. The highest BCUT2D eigenvalue weighted by molar-refractivity contribution is 5.89. The third-order valence-electron chi connectivity index (χ3n) is 8.68. The molecular weight excluding hydrogens is 336 g/mol. The van der Waals surface area contributed by atoms with Gasteiger partial charge in [-0.05, 0) is 66.4 Å². The predicted molar refractivity (Wildman–Crippen MR) is 109 cm³/mol. The average Bonchev–Trinajstić information content (AvgIpc) is 2.85. The third kappa shape index (κ3) is 2.48. The first-order valence-corrected chi connectivity index (χ1v) is 10.4. The van der Waals surface area contributed by atoms with Crippen LogP contribution < -0.4 is 11.1 Å². The Balaban J connectivity index is 1.78. The number of nitrogens with two attached hydrogens (primary N) is 1. The highest BCUT2D eigenvalue weighted by Gasteiger charge is 2.62. The average molecular weight is 371 g/mol. The van der Waals surface area contributed by atoms with Gasteiger partial charge in [-0.1, -0.05) is 27.7 Å². The van der Waals surface area contributed by atoms with Crippen molar-refractivity contribution in [3.05, 3.63) is 23.3 Å². The van der Waals surface area contributed by atoms with Crippen molar-refractivity contribution in [2.75, 3.05) is 5.32 Å². The zero-order valence-corrected chi connectivity index (χ0v) is 17.4. The highest BCUT2D eigenvalue weighted by Crippen LogP contribution is 2.68. The lowest BCUT2D eigenvalue weighted by molar-refractivity contribution is -0.114. The lowest BCUT2D eigenvalue weighted by Crippen LogP contribution is -2.60. The maximum Gasteiger partial charge on any atom is 0.221 e. The van der Waals surface area contributed by atoms with E-state index in [1.54, 1.807) is 6.07 Å². The molecule has 148 valence electrons. The van der Waals surface area contributed by atoms with Crippen molar-refractivity contribution in [2.24, 2.45) is 28.4 Å². The van der Waals surface area contributed by atoms with Crippen LogP contribution in [-0.4, -0.2) is 17.1 Å². The van der Waals surface area contributed by atoms with Crippen LogP contribution in [0.15, 0.2) is 12.1 Å². The van der Waals surface area contributed by atoms with Crippen LogP contribution in [-0.2, 0) is 16.6 Å². The Morgan fingerprint density at radius 2 is 1.85 bits per heavy atom. The minimum Gasteiger partial charge on any atom is -0.508 e. The van der Waals surface area contributed by atoms with Crippen molar-refractivity contribution < 1.29 is 9.90 Å². The Hall–Kier alpha value is -1.55. The number of anilines is 1. The number of phenolic OH excluding ortho intramolecular Hbond substituents is 1. The van der Waals surface area contributed by atoms with Crippen LogP contribution >= 0.6 is 0 Å². The summed E-state index contributed by atoms with van der Waals surface area (Å²) in [5, 5.41) is 13.7. The number of carbonyl (C=O) groups is 1. The largest absolute Gasteiger partial charge is 0.508 e. The molecule has 0 spiro atoms. The first kappa shape index (κ1) is 18.8. The molecule has 4 N–H and O–H groups in total. The Morgan fingerprint density at radius 3 is 2.52 bits per heavy atom. The zero-order chi connectivity index (χ0) is 19.8. The summed E-state index contributed by atoms with van der Waals surface area (Å²) in [7, 11) is 0. The fraction of sp³-hybridized carbons (Fsp3) is 0.696. The van der Waals surface area contributed by atoms with Crippen LogP contribution in [0, 0.1) is 22.7 Å². The highest BCUT2D eigenvalue weighted by atomic mass is 16.3. The van der Waals surface area contributed by atoms with Gasteiger partial charge in [0.25, 0.3) is 0 Å². The van der Waals surface area contributed by atoms with Crippen molar-refractivity contribution >= 4 is 11.6 Å². The normalized spacial score (nSPS) is 39.3. The van der Waals surface area contributed by atoms with Gasteiger partial charge in [-0.25, -0.2) is 0 Å². The molecule has 1 amide bonds. The molecule has 4 nitrogen and oxygen atoms in total. The van der Waals surface area contributed by atoms with Gasteiger partial charge < -0.3 is 16.2 Å². The van der Waals surface area contributed by atoms with Crippen molar-refractivity contribution in [1.29, 1.82) is 0 Å². The predicted octanol–water partition coefficient (Wildman–Crippen LogP) is 4.34. The lowest BCUT2D eigenvalue weighted by atomic mass is 9.43. The molecular formula is C23H34N2O2. The molecule has 27 heavy (non-hydrogen) atoms. The summed E-state index contributed by atoms with van der Waals surface area (Å²) in [6.07, 6.45) is 5.47. The maximum atomic E-state index is 11.5. The van der Waals surface area contributed by atoms with Crippen LogP contribution in [0.1, 0.15) is 71.4 Å². The topological polar surface area (TPSA) is 75.3 Å². The molecule has 5 atom stereocenters. The first-order chi connectivity index (χ1) is 12.5. The quantitative estimate of drug-likeness (QED) is 0.688. The second-order valence-electron chi connectivity index (χ2n) is 10.4. The summed E-state index contributed by atoms with van der Waals surface area (Å²) in [5.74, 6) is 1.35. The Kier molecular flexibility index (Phi) is 3.99. The van der Waals surface area contributed by atoms with Crippen molar-refractivity contribution in [2.45, 2.75) is 78.2 Å². The van der Waals surface area contributed by atoms with Gasteiger partial charge in [-0.15, -0.1) is 0 Å². The zero-order valence-electron chi connectivity index (χ0n) is 17.4. The maximum absolute atomic E-state index is 11.5. The van der Waals surface area contributed by atoms with Gasteiger partial charge in [-0.3, -0.25) is 4.79 Å². The van der Waals surface area contributed by atoms with Gasteiger partial charge in [0.1, 0.15) is 5.75 Å². The molecule has 4 heteroatoms. The van der Waals surface area contributed by atoms with E-state index >= 15 is 0 Å². The van der Waals surface area contributed by atoms with E-state index in [1.165, 1.54) is 12.5 Å². The monoisotopic (exact) mass is 370 g/mol. The standard InChI is InChI=1S/C23H34N2O2/c1-13(26)25-15-10-14-11-18-22(4)9-7-19(24)21(2,3)17(22)6-8-23(18,5)20(14)16(27)12-15/h10,12,17-19,27H,6-9,11,24H2,1-5H3,(H,25,26). The summed E-state index contributed by atoms with van der Waals surface area (Å²) < 4.78 is 0. The molecule has 4 rings (SSSR count). The minimum absolute atomic E-state index is 0.00304. The van der Waals surface area contributed by atoms with E-state index in [-0.39, 0.29) is 28.2 Å². The molecule has 0 saturated heterocycles. The SMILES string of the molecule is CC(=O)Nc1cc(O)c2c(c1)CC1C2(C)CCC2C(C)(C)C(N)CCC12C. The van der Waals surface area contributed by atoms with E-state index in [9.17, 15) is 9.90 Å². The number of phenols is 1. The van der Waals surface area contributed by atoms with Crippen LogP contribution in [0.3, 0.4) is 0 Å². The summed E-state index contributed by atoms with van der Waals surface area (Å²) in [6.45, 7) is 11.0. The molecule has 0 bridgehead atoms. The lowest BCUT2D eigenvalue weighted by Gasteiger charge is -2.62. The van der Waals surface area contributed by atoms with Gasteiger partial charge in [0, 0.05) is 35.7 Å². The van der Waals surface area contributed by atoms with E-state index in [2.05, 4.69) is 39.1 Å². The van der Waals surface area contributed by atoms with Gasteiger partial charge in [0.05, 0.1) is 0 Å². The summed E-state index contributed by atoms with van der Waals surface area (Å²) in [6, 6.07) is 4.07. The van der Waals surface area contributed by atoms with Gasteiger partial charge in [-0.2, -0.15) is 0 Å².